The van der Waals surface area contributed by atoms with Gasteiger partial charge in [0.2, 0.25) is 0 Å². The third-order valence-corrected chi connectivity index (χ3v) is 5.15. The van der Waals surface area contributed by atoms with Crippen molar-refractivity contribution >= 4 is 16.6 Å². The lowest BCUT2D eigenvalue weighted by Crippen LogP contribution is -2.08. The Labute approximate surface area is 172 Å². The third kappa shape index (κ3) is 3.04. The highest BCUT2D eigenvalue weighted by Gasteiger charge is 2.39. The van der Waals surface area contributed by atoms with Crippen LogP contribution in [0.25, 0.3) is 39.1 Å². The van der Waals surface area contributed by atoms with E-state index in [2.05, 4.69) is 15.0 Å². The van der Waals surface area contributed by atoms with Gasteiger partial charge in [0.05, 0.1) is 17.6 Å². The van der Waals surface area contributed by atoms with Crippen molar-refractivity contribution in [3.63, 3.8) is 0 Å². The molecule has 0 amide bonds. The molecule has 5 rings (SSSR count). The minimum absolute atomic E-state index is 0.0847. The van der Waals surface area contributed by atoms with Crippen LogP contribution in [0.4, 0.5) is 22.0 Å². The lowest BCUT2D eigenvalue weighted by Gasteiger charge is -2.10. The number of halogens is 5. The second kappa shape index (κ2) is 6.63. The van der Waals surface area contributed by atoms with Gasteiger partial charge in [0.25, 0.3) is 0 Å². The summed E-state index contributed by atoms with van der Waals surface area (Å²) in [7, 11) is 0. The normalized spacial score (nSPS) is 12.2. The number of rotatable bonds is 2. The molecule has 0 bridgehead atoms. The molecule has 2 aromatic carbocycles. The molecule has 31 heavy (non-hydrogen) atoms. The molecule has 9 heteroatoms. The van der Waals surface area contributed by atoms with Crippen molar-refractivity contribution in [2.75, 3.05) is 0 Å². The second-order valence-electron chi connectivity index (χ2n) is 7.14. The zero-order valence-corrected chi connectivity index (χ0v) is 15.9. The lowest BCUT2D eigenvalue weighted by atomic mass is 10.1. The number of aryl methyl sites for hydroxylation is 1. The van der Waals surface area contributed by atoms with Crippen molar-refractivity contribution in [2.45, 2.75) is 13.1 Å². The van der Waals surface area contributed by atoms with E-state index in [0.717, 1.165) is 0 Å². The number of fused-ring (bicyclic) bond motifs is 2. The van der Waals surface area contributed by atoms with E-state index in [9.17, 15) is 17.6 Å². The molecule has 0 radical (unpaired) electrons. The molecule has 0 spiro atoms. The Morgan fingerprint density at radius 3 is 2.58 bits per heavy atom. The van der Waals surface area contributed by atoms with Gasteiger partial charge in [-0.05, 0) is 48.9 Å². The number of alkyl halides is 3. The number of hydrogen-bond acceptors (Lipinski definition) is 2. The zero-order chi connectivity index (χ0) is 21.9. The summed E-state index contributed by atoms with van der Waals surface area (Å²) in [5.41, 5.74) is -0.321. The Morgan fingerprint density at radius 1 is 1.03 bits per heavy atom. The number of benzene rings is 2. The van der Waals surface area contributed by atoms with Crippen LogP contribution < -0.4 is 0 Å². The summed E-state index contributed by atoms with van der Waals surface area (Å²) in [6.07, 6.45) is -0.775. The third-order valence-electron chi connectivity index (χ3n) is 5.15. The predicted molar refractivity (Wildman–Crippen MR) is 105 cm³/mol. The molecule has 156 valence electrons. The summed E-state index contributed by atoms with van der Waals surface area (Å²) in [6, 6.07) is 8.53. The molecule has 0 saturated heterocycles. The SMILES string of the molecule is Cc1cc(-c2cn3c(-c4ccc5[nH]ccc5c4F)c(C(F)(F)F)nc3cn2)ccc1F. The van der Waals surface area contributed by atoms with Crippen molar-refractivity contribution < 1.29 is 22.0 Å². The number of H-pyrrole nitrogens is 1. The molecule has 5 aromatic rings. The Kier molecular flexibility index (Phi) is 4.11. The van der Waals surface area contributed by atoms with Gasteiger partial charge in [-0.15, -0.1) is 0 Å². The Morgan fingerprint density at radius 2 is 1.84 bits per heavy atom. The van der Waals surface area contributed by atoms with E-state index in [1.54, 1.807) is 6.92 Å². The number of aromatic amines is 1. The highest BCUT2D eigenvalue weighted by molar-refractivity contribution is 5.86. The Balaban J connectivity index is 1.82. The monoisotopic (exact) mass is 428 g/mol. The summed E-state index contributed by atoms with van der Waals surface area (Å²) in [5.74, 6) is -1.20. The first-order valence-electron chi connectivity index (χ1n) is 9.22. The first-order valence-corrected chi connectivity index (χ1v) is 9.22. The van der Waals surface area contributed by atoms with Crippen LogP contribution in [0, 0.1) is 18.6 Å². The van der Waals surface area contributed by atoms with E-state index in [4.69, 9.17) is 0 Å². The zero-order valence-electron chi connectivity index (χ0n) is 15.9. The number of nitrogens with zero attached hydrogens (tertiary/aromatic N) is 3. The van der Waals surface area contributed by atoms with Crippen LogP contribution in [0.1, 0.15) is 11.3 Å². The van der Waals surface area contributed by atoms with Crippen molar-refractivity contribution in [2.24, 2.45) is 0 Å². The number of aromatic nitrogens is 4. The summed E-state index contributed by atoms with van der Waals surface area (Å²) in [4.78, 5) is 10.7. The minimum Gasteiger partial charge on any atom is -0.361 e. The molecule has 0 unspecified atom stereocenters. The van der Waals surface area contributed by atoms with Crippen LogP contribution >= 0.6 is 0 Å². The van der Waals surface area contributed by atoms with E-state index in [1.807, 2.05) is 0 Å². The van der Waals surface area contributed by atoms with Gasteiger partial charge >= 0.3 is 6.18 Å². The molecular weight excluding hydrogens is 415 g/mol. The molecule has 3 aromatic heterocycles. The molecule has 0 atom stereocenters. The summed E-state index contributed by atoms with van der Waals surface area (Å²) in [6.45, 7) is 1.57. The summed E-state index contributed by atoms with van der Waals surface area (Å²) in [5, 5.41) is 0.170. The topological polar surface area (TPSA) is 46.0 Å². The maximum atomic E-state index is 15.2. The smallest absolute Gasteiger partial charge is 0.361 e. The molecule has 0 fully saturated rings. The average molecular weight is 428 g/mol. The van der Waals surface area contributed by atoms with Crippen LogP contribution in [0.3, 0.4) is 0 Å². The van der Waals surface area contributed by atoms with Crippen LogP contribution in [0.5, 0.6) is 0 Å². The van der Waals surface area contributed by atoms with E-state index in [0.29, 0.717) is 22.3 Å². The fourth-order valence-electron chi connectivity index (χ4n) is 3.64. The maximum absolute atomic E-state index is 15.2. The van der Waals surface area contributed by atoms with Crippen molar-refractivity contribution in [1.82, 2.24) is 19.4 Å². The van der Waals surface area contributed by atoms with Gasteiger partial charge in [0, 0.05) is 34.4 Å². The molecule has 0 aliphatic carbocycles. The van der Waals surface area contributed by atoms with E-state index < -0.39 is 29.2 Å². The Hall–Kier alpha value is -3.75. The largest absolute Gasteiger partial charge is 0.435 e. The van der Waals surface area contributed by atoms with Crippen molar-refractivity contribution in [3.05, 3.63) is 77.9 Å². The highest BCUT2D eigenvalue weighted by atomic mass is 19.4. The van der Waals surface area contributed by atoms with Gasteiger partial charge in [0.15, 0.2) is 11.3 Å². The standard InChI is InChI=1S/C22H13F5N4/c1-11-8-12(2-4-15(11)23)17-10-31-18(9-29-17)30-21(22(25,26)27)20(31)14-3-5-16-13(19(14)24)6-7-28-16/h2-10,28H,1H3. The quantitative estimate of drug-likeness (QED) is 0.343. The molecule has 0 aliphatic heterocycles. The van der Waals surface area contributed by atoms with Gasteiger partial charge in [-0.2, -0.15) is 13.2 Å². The number of imidazole rings is 1. The fourth-order valence-corrected chi connectivity index (χ4v) is 3.64. The van der Waals surface area contributed by atoms with Crippen molar-refractivity contribution in [3.8, 4) is 22.5 Å². The van der Waals surface area contributed by atoms with Gasteiger partial charge in [0.1, 0.15) is 11.6 Å². The van der Waals surface area contributed by atoms with E-state index in [1.165, 1.54) is 59.4 Å². The van der Waals surface area contributed by atoms with Crippen molar-refractivity contribution in [1.29, 1.82) is 0 Å². The molecule has 0 aliphatic rings. The Bertz CT molecular complexity index is 1460. The van der Waals surface area contributed by atoms with Crippen LogP contribution in [0.15, 0.2) is 55.0 Å². The first-order chi connectivity index (χ1) is 14.7. The minimum atomic E-state index is -4.81. The van der Waals surface area contributed by atoms with Gasteiger partial charge in [-0.1, -0.05) is 0 Å². The maximum Gasteiger partial charge on any atom is 0.435 e. The highest BCUT2D eigenvalue weighted by Crippen LogP contribution is 2.39. The molecular formula is C22H13F5N4. The lowest BCUT2D eigenvalue weighted by molar-refractivity contribution is -0.140. The first kappa shape index (κ1) is 19.2. The average Bonchev–Trinajstić information content (AvgIpc) is 3.35. The number of hydrogen-bond donors (Lipinski definition) is 1. The second-order valence-corrected chi connectivity index (χ2v) is 7.14. The van der Waals surface area contributed by atoms with E-state index >= 15 is 4.39 Å². The van der Waals surface area contributed by atoms with Crippen LogP contribution in [-0.2, 0) is 6.18 Å². The summed E-state index contributed by atoms with van der Waals surface area (Å²) < 4.78 is 71.4. The van der Waals surface area contributed by atoms with Crippen LogP contribution in [-0.4, -0.2) is 19.4 Å². The van der Waals surface area contributed by atoms with E-state index in [-0.39, 0.29) is 16.6 Å². The van der Waals surface area contributed by atoms with Gasteiger partial charge in [-0.3, -0.25) is 9.38 Å². The fraction of sp³-hybridized carbons (Fsp3) is 0.0909. The molecule has 4 nitrogen and oxygen atoms in total. The van der Waals surface area contributed by atoms with Crippen LogP contribution in [0.2, 0.25) is 0 Å². The summed E-state index contributed by atoms with van der Waals surface area (Å²) >= 11 is 0. The molecule has 3 heterocycles. The molecule has 0 saturated carbocycles. The number of nitrogens with one attached hydrogen (secondary N) is 1. The van der Waals surface area contributed by atoms with Gasteiger partial charge in [-0.25, -0.2) is 13.8 Å². The predicted octanol–water partition coefficient (Wildman–Crippen LogP) is 6.15. The van der Waals surface area contributed by atoms with Gasteiger partial charge < -0.3 is 4.98 Å². The molecule has 1 N–H and O–H groups in total.